The summed E-state index contributed by atoms with van der Waals surface area (Å²) in [5.74, 6) is 5.50. The van der Waals surface area contributed by atoms with Crippen LogP contribution in [0.15, 0.2) is 72.2 Å². The number of fused-ring (bicyclic) bond motifs is 5. The molecule has 510 valence electrons. The number of nitrogen functional groups attached to an aromatic ring is 1. The van der Waals surface area contributed by atoms with Gasteiger partial charge in [-0.25, -0.2) is 32.8 Å². The van der Waals surface area contributed by atoms with Gasteiger partial charge in [-0.2, -0.15) is 4.31 Å². The number of hydrogen-bond donors (Lipinski definition) is 7. The Balaban J connectivity index is 0.604. The number of carbonyl (C=O) groups excluding carboxylic acids is 3. The molecule has 0 aliphatic carbocycles. The lowest BCUT2D eigenvalue weighted by atomic mass is 9.81. The number of aromatic nitrogens is 3. The number of nitrogens with one attached hydrogen (secondary N) is 2. The first-order chi connectivity index (χ1) is 46.6. The van der Waals surface area contributed by atoms with Gasteiger partial charge in [0.25, 0.3) is 5.91 Å². The van der Waals surface area contributed by atoms with Crippen LogP contribution >= 0.6 is 23.2 Å². The van der Waals surface area contributed by atoms with Crippen LogP contribution in [0.2, 0.25) is 0 Å². The highest BCUT2D eigenvalue weighted by atomic mass is 31.3. The minimum Gasteiger partial charge on any atom is -0.491 e. The zero-order chi connectivity index (χ0) is 68.2. The minimum absolute atomic E-state index is 0.0737. The number of amides is 2. The predicted molar refractivity (Wildman–Crippen MR) is 350 cm³/mol. The van der Waals surface area contributed by atoms with E-state index in [-0.39, 0.29) is 80.8 Å². The fourth-order valence-electron chi connectivity index (χ4n) is 13.4. The number of carboxylic acids is 1. The Kier molecular flexibility index (Phi) is 20.8. The Morgan fingerprint density at radius 2 is 1.69 bits per heavy atom. The number of hydrogen-bond acceptors (Lipinski definition) is 20. The van der Waals surface area contributed by atoms with Gasteiger partial charge in [-0.3, -0.25) is 23.5 Å². The normalized spacial score (nSPS) is 18.8. The number of nitrogens with zero attached hydrogens (tertiary/aromatic N) is 8. The van der Waals surface area contributed by atoms with Gasteiger partial charge >= 0.3 is 29.2 Å². The molecular weight excluding hydrogens is 1320 g/mol. The maximum Gasteiger partial charge on any atom is 0.488 e. The van der Waals surface area contributed by atoms with Crippen LogP contribution in [-0.2, 0) is 71.5 Å². The highest BCUT2D eigenvalue weighted by Crippen LogP contribution is 2.66. The number of carbonyl (C=O) groups is 4. The Morgan fingerprint density at radius 3 is 2.49 bits per heavy atom. The van der Waals surface area contributed by atoms with Gasteiger partial charge < -0.3 is 69.3 Å². The number of rotatable bonds is 27. The van der Waals surface area contributed by atoms with Gasteiger partial charge in [0.05, 0.1) is 54.5 Å². The lowest BCUT2D eigenvalue weighted by Gasteiger charge is -2.39. The summed E-state index contributed by atoms with van der Waals surface area (Å²) in [6.07, 6.45) is 8.73. The fraction of sp³-hybridized carbons (Fsp3) is 0.422. The molecule has 0 bridgehead atoms. The van der Waals surface area contributed by atoms with Gasteiger partial charge in [-0.15, -0.1) is 0 Å². The van der Waals surface area contributed by atoms with Crippen LogP contribution in [0.5, 0.6) is 17.2 Å². The van der Waals surface area contributed by atoms with E-state index in [0.29, 0.717) is 47.2 Å². The van der Waals surface area contributed by atoms with Crippen molar-refractivity contribution in [3.8, 4) is 29.1 Å². The molecule has 1 saturated heterocycles. The van der Waals surface area contributed by atoms with Gasteiger partial charge in [0.1, 0.15) is 67.6 Å². The molecule has 0 spiro atoms. The molecule has 0 radical (unpaired) electrons. The van der Waals surface area contributed by atoms with Crippen LogP contribution in [0.25, 0.3) is 27.0 Å². The Labute approximate surface area is 555 Å². The molecule has 4 aromatic carbocycles. The van der Waals surface area contributed by atoms with E-state index >= 15 is 0 Å². The summed E-state index contributed by atoms with van der Waals surface area (Å²) in [5, 5.41) is 22.5. The van der Waals surface area contributed by atoms with E-state index in [9.17, 15) is 58.2 Å². The molecule has 30 nitrogen and oxygen atoms in total. The zero-order valence-corrected chi connectivity index (χ0v) is 55.4. The number of ketones is 1. The Bertz CT molecular complexity index is 4560. The molecule has 2 aromatic heterocycles. The average molecular weight is 1390 g/mol. The Hall–Kier alpha value is -8.35. The van der Waals surface area contributed by atoms with Crippen LogP contribution in [0.4, 0.5) is 11.5 Å². The predicted octanol–water partition coefficient (Wildman–Crippen LogP) is 6.50. The number of nitrogens with two attached hydrogens (primary N) is 1. The van der Waals surface area contributed by atoms with E-state index in [2.05, 4.69) is 72.7 Å². The molecular formula is C64H71N11O19P3+. The third-order valence-electron chi connectivity index (χ3n) is 17.4. The number of carboxylic acid groups (broad SMARTS) is 1. The van der Waals surface area contributed by atoms with Crippen molar-refractivity contribution in [2.45, 2.75) is 95.6 Å². The molecule has 6 aliphatic heterocycles. The molecule has 8 N–H and O–H groups in total. The first-order valence-corrected chi connectivity index (χ1v) is 36.8. The molecule has 2 amide bonds. The maximum atomic E-state index is 14.2. The molecule has 6 atom stereocenters. The summed E-state index contributed by atoms with van der Waals surface area (Å²) in [7, 11) is -15.3. The van der Waals surface area contributed by atoms with Crippen molar-refractivity contribution in [1.29, 1.82) is 0 Å². The molecule has 6 aliphatic rings. The lowest BCUT2D eigenvalue weighted by Crippen LogP contribution is -2.45. The fourth-order valence-corrected chi connectivity index (χ4v) is 16.9. The highest BCUT2D eigenvalue weighted by molar-refractivity contribution is 7.68. The molecule has 1 fully saturated rings. The summed E-state index contributed by atoms with van der Waals surface area (Å²) in [6, 6.07) is 15.6. The van der Waals surface area contributed by atoms with Crippen molar-refractivity contribution in [2.24, 2.45) is 5.11 Å². The van der Waals surface area contributed by atoms with Gasteiger partial charge in [0, 0.05) is 101 Å². The average Bonchev–Trinajstić information content (AvgIpc) is 1.21. The number of phosphoric acid groups is 2. The van der Waals surface area contributed by atoms with Crippen LogP contribution in [0, 0.1) is 11.8 Å². The minimum atomic E-state index is -5.46. The summed E-state index contributed by atoms with van der Waals surface area (Å²) in [4.78, 5) is 95.9. The van der Waals surface area contributed by atoms with Crippen molar-refractivity contribution in [3.05, 3.63) is 144 Å². The number of benzene rings is 4. The molecule has 8 heterocycles. The smallest absolute Gasteiger partial charge is 0.488 e. The van der Waals surface area contributed by atoms with E-state index in [1.807, 2.05) is 0 Å². The topological polar surface area (TPSA) is 410 Å². The molecule has 33 heteroatoms. The number of azide groups is 1. The molecule has 0 saturated carbocycles. The molecule has 97 heavy (non-hydrogen) atoms. The molecule has 12 rings (SSSR count). The first kappa shape index (κ1) is 68.6. The number of Topliss-reactive ketones (excluding diaryl/α,β-unsaturated/α-hetero) is 1. The summed E-state index contributed by atoms with van der Waals surface area (Å²) >= 11 is 0. The summed E-state index contributed by atoms with van der Waals surface area (Å²) in [5.41, 5.74) is 25.1. The second-order valence-electron chi connectivity index (χ2n) is 24.1. The zero-order valence-electron chi connectivity index (χ0n) is 52.8. The van der Waals surface area contributed by atoms with Crippen LogP contribution < -0.4 is 45.9 Å². The summed E-state index contributed by atoms with van der Waals surface area (Å²) < 4.78 is 82.7. The van der Waals surface area contributed by atoms with Gasteiger partial charge in [0.15, 0.2) is 12.0 Å². The molecule has 6 aromatic rings. The van der Waals surface area contributed by atoms with E-state index < -0.39 is 66.2 Å². The van der Waals surface area contributed by atoms with Gasteiger partial charge in [0.2, 0.25) is 11.3 Å². The number of anilines is 2. The van der Waals surface area contributed by atoms with Crippen LogP contribution in [0.1, 0.15) is 128 Å². The van der Waals surface area contributed by atoms with Crippen molar-refractivity contribution in [2.75, 3.05) is 89.6 Å². The van der Waals surface area contributed by atoms with Crippen molar-refractivity contribution >= 4 is 74.9 Å². The number of aryl methyl sites for hydroxylation is 2. The number of ether oxygens (including phenoxy) is 5. The monoisotopic (exact) mass is 1390 g/mol. The van der Waals surface area contributed by atoms with Crippen LogP contribution in [0.3, 0.4) is 0 Å². The quantitative estimate of drug-likeness (QED) is 0.00422. The third kappa shape index (κ3) is 15.8. The lowest BCUT2D eigenvalue weighted by molar-refractivity contribution is -0.126. The second-order valence-corrected chi connectivity index (χ2v) is 29.1. The van der Waals surface area contributed by atoms with Crippen molar-refractivity contribution in [3.63, 3.8) is 0 Å². The van der Waals surface area contributed by atoms with E-state index in [1.165, 1.54) is 51.8 Å². The van der Waals surface area contributed by atoms with Gasteiger partial charge in [-0.1, -0.05) is 29.1 Å². The Morgan fingerprint density at radius 1 is 0.897 bits per heavy atom. The van der Waals surface area contributed by atoms with Crippen LogP contribution in [-0.4, -0.2) is 149 Å². The highest BCUT2D eigenvalue weighted by Gasteiger charge is 2.42. The second kappa shape index (κ2) is 29.4. The SMILES string of the molecule is CP(=O)(O)OP(=O)(O)OP(=O)(O)OC[C@@H]1CC[C@H](n2cc(C#CCNC(=O)COCCOC(COc3cccc(C(=O)NCCCC(=O)c4ccc(C(=O)O)c(C5=c6cc7c8c(c6Oc6c5cc5c9c6CCCN9CCC5)CCC[N+]=8CCC7)c4)c3)N=[N+]=[N-])c3c(N)ncnc32)O1. The van der Waals surface area contributed by atoms with Crippen molar-refractivity contribution in [1.82, 2.24) is 29.7 Å². The first-order valence-electron chi connectivity index (χ1n) is 31.7. The standard InChI is InChI=1S/C64H70N11O19P3/c1-95(81,82)93-97(85,86)94-96(83,84)90-34-44-18-20-54(91-44)75-33-42(55-61(65)69-37-70-62(55)75)10-3-21-67-52(77)35-87-27-28-88-53(71-72-66)36-89-43-13-2-9-41(29-43)63(78)68-22-4-16-51(76)38-17-19-45(64(79)80)48(30-38)56-49-31-39-11-5-23-73-25-7-14-46(57(39)73)59(49)92-60-47-15-8-26-74-24-6-12-40(58(47)74)32-50(56)60/h2,9,13,17,19,29-33,37,44,53-54H,4-8,11-12,14-16,18,20-28,34-36H2,1H3,(H7-,65,67,68,69,70,77,78,79,80,81,82,83,84,85,86)/p+1/t44-,53?,54+/m0/s1. The number of aromatic carboxylic acids is 1. The van der Waals surface area contributed by atoms with E-state index in [4.69, 9.17) is 33.9 Å². The molecule has 4 unspecified atom stereocenters. The van der Waals surface area contributed by atoms with E-state index in [0.717, 1.165) is 105 Å². The largest absolute Gasteiger partial charge is 0.491 e. The van der Waals surface area contributed by atoms with E-state index in [1.54, 1.807) is 41.1 Å². The summed E-state index contributed by atoms with van der Waals surface area (Å²) in [6.45, 7) is 3.21. The third-order valence-corrected chi connectivity index (χ3v) is 21.5. The maximum absolute atomic E-state index is 14.2. The van der Waals surface area contributed by atoms with Crippen molar-refractivity contribution < 1.29 is 89.5 Å². The van der Waals surface area contributed by atoms with Gasteiger partial charge in [-0.05, 0) is 117 Å². The number of phosphoric ester groups is 1.